The van der Waals surface area contributed by atoms with Crippen LogP contribution in [0.2, 0.25) is 0 Å². The Morgan fingerprint density at radius 2 is 1.73 bits per heavy atom. The third-order valence-corrected chi connectivity index (χ3v) is 3.09. The Kier molecular flexibility index (Phi) is 2.78. The summed E-state index contributed by atoms with van der Waals surface area (Å²) in [6.07, 6.45) is 0.263. The van der Waals surface area contributed by atoms with Crippen molar-refractivity contribution in [3.8, 4) is 0 Å². The van der Waals surface area contributed by atoms with E-state index in [9.17, 15) is 19.8 Å². The number of ether oxygens (including phenoxy) is 1. The largest absolute Gasteiger partial charge is 0.547 e. The zero-order chi connectivity index (χ0) is 11.9. The molecule has 0 unspecified atom stereocenters. The van der Waals surface area contributed by atoms with Gasteiger partial charge in [-0.15, -0.1) is 0 Å². The highest BCUT2D eigenvalue weighted by molar-refractivity contribution is 5.80. The fourth-order valence-corrected chi connectivity index (χ4v) is 1.86. The van der Waals surface area contributed by atoms with Crippen LogP contribution < -0.4 is 10.2 Å². The Bertz CT molecular complexity index is 298. The van der Waals surface area contributed by atoms with Crippen molar-refractivity contribution < 1.29 is 24.5 Å². The highest BCUT2D eigenvalue weighted by Crippen LogP contribution is 2.41. The quantitative estimate of drug-likeness (QED) is 0.567. The maximum absolute atomic E-state index is 11.0. The minimum absolute atomic E-state index is 0.126. The van der Waals surface area contributed by atoms with Crippen molar-refractivity contribution in [2.45, 2.75) is 44.8 Å². The van der Waals surface area contributed by atoms with Crippen LogP contribution in [0.5, 0.6) is 0 Å². The van der Waals surface area contributed by atoms with Crippen LogP contribution in [0.3, 0.4) is 0 Å². The molecule has 1 aliphatic rings. The van der Waals surface area contributed by atoms with Crippen LogP contribution in [0, 0.1) is 5.92 Å². The zero-order valence-corrected chi connectivity index (χ0v) is 9.03. The average molecular weight is 214 g/mol. The third-order valence-electron chi connectivity index (χ3n) is 3.09. The maximum atomic E-state index is 11.0. The van der Waals surface area contributed by atoms with Crippen LogP contribution >= 0.6 is 0 Å². The molecule has 0 N–H and O–H groups in total. The van der Waals surface area contributed by atoms with Gasteiger partial charge in [-0.1, -0.05) is 13.8 Å². The molecule has 0 amide bonds. The monoisotopic (exact) mass is 214 g/mol. The van der Waals surface area contributed by atoms with Crippen LogP contribution in [-0.2, 0) is 14.3 Å². The van der Waals surface area contributed by atoms with Crippen molar-refractivity contribution in [3.05, 3.63) is 0 Å². The van der Waals surface area contributed by atoms with E-state index in [4.69, 9.17) is 4.74 Å². The summed E-state index contributed by atoms with van der Waals surface area (Å²) in [7, 11) is 0. The molecule has 0 aromatic carbocycles. The number of hydrogen-bond donors (Lipinski definition) is 0. The highest BCUT2D eigenvalue weighted by Gasteiger charge is 2.50. The summed E-state index contributed by atoms with van der Waals surface area (Å²) in [6.45, 7) is 4.66. The van der Waals surface area contributed by atoms with Crippen LogP contribution in [0.25, 0.3) is 0 Å². The van der Waals surface area contributed by atoms with Gasteiger partial charge in [-0.3, -0.25) is 0 Å². The number of carbonyl (C=O) groups is 2. The fraction of sp³-hybridized carbons (Fsp3) is 0.800. The molecule has 0 bridgehead atoms. The van der Waals surface area contributed by atoms with E-state index in [-0.39, 0.29) is 18.8 Å². The molecule has 0 spiro atoms. The van der Waals surface area contributed by atoms with E-state index < -0.39 is 23.1 Å². The second kappa shape index (κ2) is 3.48. The molecular formula is C10H14O5-2. The molecule has 0 radical (unpaired) electrons. The molecule has 1 rings (SSSR count). The summed E-state index contributed by atoms with van der Waals surface area (Å²) < 4.78 is 5.20. The molecule has 1 fully saturated rings. The number of carboxylic acids is 2. The minimum atomic E-state index is -1.52. The van der Waals surface area contributed by atoms with Gasteiger partial charge in [0.25, 0.3) is 0 Å². The van der Waals surface area contributed by atoms with Crippen LogP contribution in [-0.4, -0.2) is 23.1 Å². The molecule has 1 aliphatic heterocycles. The second-order valence-corrected chi connectivity index (χ2v) is 4.45. The van der Waals surface area contributed by atoms with E-state index >= 15 is 0 Å². The van der Waals surface area contributed by atoms with E-state index in [1.807, 2.05) is 0 Å². The maximum Gasteiger partial charge on any atom is 0.111 e. The predicted octanol–water partition coefficient (Wildman–Crippen LogP) is -1.55. The molecular weight excluding hydrogens is 200 g/mol. The number of hydrogen-bond acceptors (Lipinski definition) is 5. The van der Waals surface area contributed by atoms with Gasteiger partial charge in [0.15, 0.2) is 0 Å². The number of carboxylic acid groups (broad SMARTS) is 2. The first-order valence-corrected chi connectivity index (χ1v) is 4.88. The molecule has 0 saturated carbocycles. The zero-order valence-electron chi connectivity index (χ0n) is 9.03. The molecule has 0 aromatic heterocycles. The Balaban J connectivity index is 3.00. The van der Waals surface area contributed by atoms with E-state index in [0.717, 1.165) is 0 Å². The first-order valence-electron chi connectivity index (χ1n) is 4.88. The van der Waals surface area contributed by atoms with Crippen LogP contribution in [0.15, 0.2) is 0 Å². The standard InChI is InChI=1S/C10H16O5/c1-6(2)10(8(13)14)5-4-9(3,15-10)7(11)12/h6H,4-5H2,1-3H3,(H,11,12)(H,13,14)/p-2/t9-,10-/m1/s1. The van der Waals surface area contributed by atoms with Gasteiger partial charge < -0.3 is 24.5 Å². The summed E-state index contributed by atoms with van der Waals surface area (Å²) in [5, 5.41) is 21.8. The van der Waals surface area contributed by atoms with E-state index in [1.54, 1.807) is 13.8 Å². The van der Waals surface area contributed by atoms with Crippen molar-refractivity contribution in [2.24, 2.45) is 5.92 Å². The van der Waals surface area contributed by atoms with Gasteiger partial charge >= 0.3 is 0 Å². The number of carbonyl (C=O) groups excluding carboxylic acids is 2. The summed E-state index contributed by atoms with van der Waals surface area (Å²) in [4.78, 5) is 21.8. The SMILES string of the molecule is CC(C)[C@@]1(C(=O)[O-])CC[C@](C)(C(=O)[O-])O1. The smallest absolute Gasteiger partial charge is 0.111 e. The number of aliphatic carboxylic acids is 2. The van der Waals surface area contributed by atoms with Crippen molar-refractivity contribution >= 4 is 11.9 Å². The molecule has 86 valence electrons. The average Bonchev–Trinajstić information content (AvgIpc) is 2.46. The lowest BCUT2D eigenvalue weighted by atomic mass is 9.87. The number of rotatable bonds is 3. The first-order chi connectivity index (χ1) is 6.74. The van der Waals surface area contributed by atoms with Gasteiger partial charge in [-0.05, 0) is 25.7 Å². The van der Waals surface area contributed by atoms with Crippen LogP contribution in [0.4, 0.5) is 0 Å². The summed E-state index contributed by atoms with van der Waals surface area (Å²) in [5.41, 5.74) is -3.03. The van der Waals surface area contributed by atoms with Gasteiger partial charge in [0, 0.05) is 0 Å². The van der Waals surface area contributed by atoms with Crippen molar-refractivity contribution in [3.63, 3.8) is 0 Å². The molecule has 5 nitrogen and oxygen atoms in total. The second-order valence-electron chi connectivity index (χ2n) is 4.45. The Morgan fingerprint density at radius 3 is 1.93 bits per heavy atom. The van der Waals surface area contributed by atoms with Crippen molar-refractivity contribution in [1.29, 1.82) is 0 Å². The summed E-state index contributed by atoms with van der Waals surface area (Å²) in [6, 6.07) is 0. The van der Waals surface area contributed by atoms with Crippen molar-refractivity contribution in [2.75, 3.05) is 0 Å². The van der Waals surface area contributed by atoms with Gasteiger partial charge in [0.05, 0.1) is 11.9 Å². The van der Waals surface area contributed by atoms with E-state index in [0.29, 0.717) is 0 Å². The third kappa shape index (κ3) is 1.71. The predicted molar refractivity (Wildman–Crippen MR) is 46.3 cm³/mol. The van der Waals surface area contributed by atoms with Gasteiger partial charge in [0.2, 0.25) is 0 Å². The Morgan fingerprint density at radius 1 is 1.20 bits per heavy atom. The first kappa shape index (κ1) is 12.0. The van der Waals surface area contributed by atoms with Gasteiger partial charge in [-0.25, -0.2) is 0 Å². The van der Waals surface area contributed by atoms with E-state index in [1.165, 1.54) is 6.92 Å². The van der Waals surface area contributed by atoms with Crippen molar-refractivity contribution in [1.82, 2.24) is 0 Å². The van der Waals surface area contributed by atoms with Gasteiger partial charge in [0.1, 0.15) is 11.2 Å². The lowest BCUT2D eigenvalue weighted by Gasteiger charge is -2.37. The Hall–Kier alpha value is -1.10. The minimum Gasteiger partial charge on any atom is -0.547 e. The normalized spacial score (nSPS) is 35.7. The molecule has 2 atom stereocenters. The molecule has 0 aromatic rings. The molecule has 1 heterocycles. The molecule has 0 aliphatic carbocycles. The molecule has 1 saturated heterocycles. The highest BCUT2D eigenvalue weighted by atomic mass is 16.6. The van der Waals surface area contributed by atoms with E-state index in [2.05, 4.69) is 0 Å². The topological polar surface area (TPSA) is 89.5 Å². The summed E-state index contributed by atoms with van der Waals surface area (Å²) in [5.74, 6) is -3.09. The van der Waals surface area contributed by atoms with Gasteiger partial charge in [-0.2, -0.15) is 0 Å². The molecule has 5 heteroatoms. The van der Waals surface area contributed by atoms with Crippen LogP contribution in [0.1, 0.15) is 33.6 Å². The molecule has 15 heavy (non-hydrogen) atoms. The lowest BCUT2D eigenvalue weighted by Crippen LogP contribution is -2.55. The Labute approximate surface area is 88.0 Å². The fourth-order valence-electron chi connectivity index (χ4n) is 1.86. The lowest BCUT2D eigenvalue weighted by molar-refractivity contribution is -0.343. The summed E-state index contributed by atoms with van der Waals surface area (Å²) >= 11 is 0.